The largest absolute Gasteiger partial charge is 0.399 e. The van der Waals surface area contributed by atoms with Crippen molar-refractivity contribution in [2.75, 3.05) is 12.3 Å². The lowest BCUT2D eigenvalue weighted by molar-refractivity contribution is 0.0653. The second kappa shape index (κ2) is 6.06. The van der Waals surface area contributed by atoms with Crippen LogP contribution in [0.3, 0.4) is 0 Å². The van der Waals surface area contributed by atoms with Gasteiger partial charge in [0.1, 0.15) is 0 Å². The van der Waals surface area contributed by atoms with Crippen molar-refractivity contribution in [2.24, 2.45) is 0 Å². The maximum absolute atomic E-state index is 12.8. The Hall–Kier alpha value is -1.55. The van der Waals surface area contributed by atoms with Gasteiger partial charge in [-0.3, -0.25) is 4.79 Å². The second-order valence-corrected chi connectivity index (χ2v) is 6.87. The lowest BCUT2D eigenvalue weighted by Crippen LogP contribution is -2.40. The highest BCUT2D eigenvalue weighted by Gasteiger charge is 2.26. The van der Waals surface area contributed by atoms with Gasteiger partial charge in [-0.15, -0.1) is 11.3 Å². The summed E-state index contributed by atoms with van der Waals surface area (Å²) >= 11 is 1.58. The minimum atomic E-state index is 0.184. The molecule has 0 aliphatic heterocycles. The average Bonchev–Trinajstić information content (AvgIpc) is 2.92. The smallest absolute Gasteiger partial charge is 0.264 e. The summed E-state index contributed by atoms with van der Waals surface area (Å²) in [5.74, 6) is 0.184. The van der Waals surface area contributed by atoms with Gasteiger partial charge in [0.2, 0.25) is 0 Å². The number of benzene rings is 1. The summed E-state index contributed by atoms with van der Waals surface area (Å²) in [6.45, 7) is 2.87. The third-order valence-electron chi connectivity index (χ3n) is 4.37. The molecule has 1 saturated carbocycles. The van der Waals surface area contributed by atoms with Gasteiger partial charge in [-0.1, -0.05) is 19.3 Å². The Morgan fingerprint density at radius 3 is 2.76 bits per heavy atom. The van der Waals surface area contributed by atoms with Crippen LogP contribution in [0.5, 0.6) is 0 Å². The molecule has 3 nitrogen and oxygen atoms in total. The van der Waals surface area contributed by atoms with E-state index < -0.39 is 0 Å². The lowest BCUT2D eigenvalue weighted by atomic mass is 9.94. The summed E-state index contributed by atoms with van der Waals surface area (Å²) in [7, 11) is 0. The maximum Gasteiger partial charge on any atom is 0.264 e. The molecule has 1 aliphatic rings. The molecule has 4 heteroatoms. The van der Waals surface area contributed by atoms with Crippen LogP contribution < -0.4 is 5.73 Å². The predicted molar refractivity (Wildman–Crippen MR) is 89.8 cm³/mol. The normalized spacial score (nSPS) is 16.2. The lowest BCUT2D eigenvalue weighted by Gasteiger charge is -2.33. The van der Waals surface area contributed by atoms with E-state index >= 15 is 0 Å². The van der Waals surface area contributed by atoms with Crippen LogP contribution in [0.25, 0.3) is 10.1 Å². The third-order valence-corrected chi connectivity index (χ3v) is 5.47. The first kappa shape index (κ1) is 14.4. The van der Waals surface area contributed by atoms with E-state index in [1.165, 1.54) is 19.3 Å². The SMILES string of the molecule is CCN(C(=O)c1cc2cc(N)ccc2s1)C1CCCCC1. The number of thiophene rings is 1. The highest BCUT2D eigenvalue weighted by molar-refractivity contribution is 7.20. The number of rotatable bonds is 3. The van der Waals surface area contributed by atoms with Gasteiger partial charge in [-0.25, -0.2) is 0 Å². The van der Waals surface area contributed by atoms with Gasteiger partial charge in [0.15, 0.2) is 0 Å². The zero-order chi connectivity index (χ0) is 14.8. The van der Waals surface area contributed by atoms with Crippen LogP contribution in [0.4, 0.5) is 5.69 Å². The maximum atomic E-state index is 12.8. The van der Waals surface area contributed by atoms with Crippen molar-refractivity contribution in [1.82, 2.24) is 4.90 Å². The van der Waals surface area contributed by atoms with Crippen LogP contribution in [-0.2, 0) is 0 Å². The van der Waals surface area contributed by atoms with Gasteiger partial charge >= 0.3 is 0 Å². The molecule has 21 heavy (non-hydrogen) atoms. The molecule has 3 rings (SSSR count). The van der Waals surface area contributed by atoms with E-state index in [9.17, 15) is 4.79 Å². The summed E-state index contributed by atoms with van der Waals surface area (Å²) in [5.41, 5.74) is 6.57. The van der Waals surface area contributed by atoms with Crippen molar-refractivity contribution in [3.63, 3.8) is 0 Å². The number of nitrogens with zero attached hydrogens (tertiary/aromatic N) is 1. The zero-order valence-electron chi connectivity index (χ0n) is 12.5. The van der Waals surface area contributed by atoms with E-state index in [0.717, 1.165) is 40.0 Å². The summed E-state index contributed by atoms with van der Waals surface area (Å²) in [5, 5.41) is 1.07. The fourth-order valence-electron chi connectivity index (χ4n) is 3.27. The quantitative estimate of drug-likeness (QED) is 0.860. The Morgan fingerprint density at radius 1 is 1.29 bits per heavy atom. The summed E-state index contributed by atoms with van der Waals surface area (Å²) in [6.07, 6.45) is 6.11. The van der Waals surface area contributed by atoms with Crippen molar-refractivity contribution in [2.45, 2.75) is 45.1 Å². The average molecular weight is 302 g/mol. The monoisotopic (exact) mass is 302 g/mol. The van der Waals surface area contributed by atoms with Crippen LogP contribution in [0.2, 0.25) is 0 Å². The number of hydrogen-bond acceptors (Lipinski definition) is 3. The van der Waals surface area contributed by atoms with Crippen molar-refractivity contribution in [3.8, 4) is 0 Å². The van der Waals surface area contributed by atoms with Crippen molar-refractivity contribution < 1.29 is 4.79 Å². The number of carbonyl (C=O) groups excluding carboxylic acids is 1. The number of nitrogen functional groups attached to an aromatic ring is 1. The van der Waals surface area contributed by atoms with E-state index in [1.807, 2.05) is 24.3 Å². The van der Waals surface area contributed by atoms with Gasteiger partial charge in [0.25, 0.3) is 5.91 Å². The Morgan fingerprint density at radius 2 is 2.05 bits per heavy atom. The molecular weight excluding hydrogens is 280 g/mol. The van der Waals surface area contributed by atoms with Gasteiger partial charge in [0.05, 0.1) is 4.88 Å². The molecule has 0 unspecified atom stereocenters. The molecule has 1 aromatic carbocycles. The molecule has 2 aromatic rings. The van der Waals surface area contributed by atoms with Crippen LogP contribution in [0.15, 0.2) is 24.3 Å². The van der Waals surface area contributed by atoms with E-state index in [0.29, 0.717) is 6.04 Å². The molecule has 1 aromatic heterocycles. The molecule has 0 radical (unpaired) electrons. The second-order valence-electron chi connectivity index (χ2n) is 5.79. The first-order chi connectivity index (χ1) is 10.2. The van der Waals surface area contributed by atoms with Crippen LogP contribution >= 0.6 is 11.3 Å². The number of anilines is 1. The summed E-state index contributed by atoms with van der Waals surface area (Å²) in [6, 6.07) is 8.25. The number of fused-ring (bicyclic) bond motifs is 1. The van der Waals surface area contributed by atoms with Gasteiger partial charge in [-0.2, -0.15) is 0 Å². The Kier molecular flexibility index (Phi) is 4.15. The molecule has 0 atom stereocenters. The third kappa shape index (κ3) is 2.91. The molecular formula is C17H22N2OS. The minimum absolute atomic E-state index is 0.184. The van der Waals surface area contributed by atoms with Crippen LogP contribution in [0, 0.1) is 0 Å². The number of nitrogens with two attached hydrogens (primary N) is 1. The minimum Gasteiger partial charge on any atom is -0.399 e. The van der Waals surface area contributed by atoms with Gasteiger partial charge in [-0.05, 0) is 49.4 Å². The molecule has 112 valence electrons. The molecule has 1 aliphatic carbocycles. The highest BCUT2D eigenvalue weighted by Crippen LogP contribution is 2.30. The molecule has 1 heterocycles. The molecule has 1 amide bonds. The first-order valence-corrected chi connectivity index (χ1v) is 8.60. The van der Waals surface area contributed by atoms with Crippen molar-refractivity contribution in [3.05, 3.63) is 29.1 Å². The Labute approximate surface area is 129 Å². The Bertz CT molecular complexity index is 643. The summed E-state index contributed by atoms with van der Waals surface area (Å²) in [4.78, 5) is 15.7. The van der Waals surface area contributed by atoms with E-state index in [4.69, 9.17) is 5.73 Å². The topological polar surface area (TPSA) is 46.3 Å². The number of amides is 1. The predicted octanol–water partition coefficient (Wildman–Crippen LogP) is 4.28. The highest BCUT2D eigenvalue weighted by atomic mass is 32.1. The standard InChI is InChI=1S/C17H22N2OS/c1-2-19(14-6-4-3-5-7-14)17(20)16-11-12-10-13(18)8-9-15(12)21-16/h8-11,14H,2-7,18H2,1H3. The molecule has 0 bridgehead atoms. The fraction of sp³-hybridized carbons (Fsp3) is 0.471. The molecule has 2 N–H and O–H groups in total. The van der Waals surface area contributed by atoms with E-state index in [1.54, 1.807) is 11.3 Å². The van der Waals surface area contributed by atoms with Crippen LogP contribution in [-0.4, -0.2) is 23.4 Å². The fourth-order valence-corrected chi connectivity index (χ4v) is 4.27. The number of hydrogen-bond donors (Lipinski definition) is 1. The molecule has 1 fully saturated rings. The molecule has 0 saturated heterocycles. The molecule has 0 spiro atoms. The van der Waals surface area contributed by atoms with Gasteiger partial charge < -0.3 is 10.6 Å². The van der Waals surface area contributed by atoms with Crippen molar-refractivity contribution >= 4 is 33.0 Å². The van der Waals surface area contributed by atoms with E-state index in [2.05, 4.69) is 11.8 Å². The first-order valence-electron chi connectivity index (χ1n) is 7.79. The summed E-state index contributed by atoms with van der Waals surface area (Å²) < 4.78 is 1.13. The van der Waals surface area contributed by atoms with Crippen LogP contribution in [0.1, 0.15) is 48.7 Å². The van der Waals surface area contributed by atoms with Crippen molar-refractivity contribution in [1.29, 1.82) is 0 Å². The van der Waals surface area contributed by atoms with E-state index in [-0.39, 0.29) is 5.91 Å². The number of carbonyl (C=O) groups is 1. The van der Waals surface area contributed by atoms with Gasteiger partial charge in [0, 0.05) is 23.0 Å². The Balaban J connectivity index is 1.86. The zero-order valence-corrected chi connectivity index (χ0v) is 13.3.